The molecule has 0 aromatic carbocycles. The van der Waals surface area contributed by atoms with Gasteiger partial charge >= 0.3 is 5.97 Å². The standard InChI is InChI=1S/C34H49NO6S/c1-20(35-42(10,39)40)21-18-31(6)24(30(4,5)27(21)37)11-12-32(7)25(31)17-23(36)26-22-19-29(2,3)13-15-34(22,28(38)41-9)16-14-33(26,32)8/h17-18,22,24,26,35H,1,11-16,19H2,2-10H3/t22?,24-,26?,31-,32+,33+,34-/m0/s1. The van der Waals surface area contributed by atoms with Gasteiger partial charge in [0.15, 0.2) is 11.6 Å². The summed E-state index contributed by atoms with van der Waals surface area (Å²) in [4.78, 5) is 41.9. The van der Waals surface area contributed by atoms with E-state index in [4.69, 9.17) is 4.74 Å². The predicted octanol–water partition coefficient (Wildman–Crippen LogP) is 5.92. The molecule has 0 amide bonds. The number of esters is 1. The van der Waals surface area contributed by atoms with Crippen molar-refractivity contribution >= 4 is 27.6 Å². The fourth-order valence-corrected chi connectivity index (χ4v) is 11.2. The highest BCUT2D eigenvalue weighted by molar-refractivity contribution is 7.88. The second kappa shape index (κ2) is 9.15. The van der Waals surface area contributed by atoms with E-state index in [2.05, 4.69) is 45.9 Å². The molecule has 7 nitrogen and oxygen atoms in total. The molecule has 3 fully saturated rings. The van der Waals surface area contributed by atoms with Crippen molar-refractivity contribution in [2.45, 2.75) is 93.4 Å². The minimum atomic E-state index is -3.64. The highest BCUT2D eigenvalue weighted by Gasteiger charge is 2.71. The molecule has 0 aromatic rings. The van der Waals surface area contributed by atoms with E-state index < -0.39 is 26.3 Å². The first-order valence-corrected chi connectivity index (χ1v) is 17.3. The number of sulfonamides is 1. The lowest BCUT2D eigenvalue weighted by Gasteiger charge is -2.68. The maximum absolute atomic E-state index is 14.6. The molecule has 0 saturated heterocycles. The SMILES string of the molecule is C=C(NS(C)(=O)=O)C1=C[C@]2(C)C3=CC(=O)C4C5CC(C)(C)CC[C@]5(C(=O)OC)CC[C@@]4(C)[C@]3(C)CC[C@H]2C(C)(C)C1=O. The van der Waals surface area contributed by atoms with Crippen molar-refractivity contribution in [1.82, 2.24) is 4.72 Å². The molecule has 7 atom stereocenters. The smallest absolute Gasteiger partial charge is 0.312 e. The topological polar surface area (TPSA) is 107 Å². The van der Waals surface area contributed by atoms with Gasteiger partial charge in [-0.3, -0.25) is 19.1 Å². The summed E-state index contributed by atoms with van der Waals surface area (Å²) in [7, 11) is -2.17. The largest absolute Gasteiger partial charge is 0.469 e. The Morgan fingerprint density at radius 1 is 1.00 bits per heavy atom. The second-order valence-electron chi connectivity index (χ2n) is 16.1. The van der Waals surface area contributed by atoms with Crippen molar-refractivity contribution < 1.29 is 27.5 Å². The summed E-state index contributed by atoms with van der Waals surface area (Å²) in [6.45, 7) is 19.0. The van der Waals surface area contributed by atoms with Gasteiger partial charge in [0.1, 0.15) is 0 Å². The number of rotatable bonds is 4. The van der Waals surface area contributed by atoms with Crippen molar-refractivity contribution in [2.75, 3.05) is 13.4 Å². The second-order valence-corrected chi connectivity index (χ2v) is 17.9. The van der Waals surface area contributed by atoms with Crippen LogP contribution in [0.1, 0.15) is 93.4 Å². The first-order valence-electron chi connectivity index (χ1n) is 15.4. The first-order chi connectivity index (χ1) is 19.1. The van der Waals surface area contributed by atoms with Crippen molar-refractivity contribution in [3.05, 3.63) is 35.6 Å². The van der Waals surface area contributed by atoms with E-state index in [0.29, 0.717) is 6.42 Å². The Kier molecular flexibility index (Phi) is 6.80. The van der Waals surface area contributed by atoms with Crippen LogP contribution in [-0.4, -0.2) is 39.3 Å². The van der Waals surface area contributed by atoms with Crippen LogP contribution >= 0.6 is 0 Å². The van der Waals surface area contributed by atoms with E-state index in [-0.39, 0.29) is 62.8 Å². The van der Waals surface area contributed by atoms with Crippen LogP contribution in [0.25, 0.3) is 0 Å². The Balaban J connectivity index is 1.69. The molecule has 0 aliphatic heterocycles. The van der Waals surface area contributed by atoms with Crippen molar-refractivity contribution in [3.63, 3.8) is 0 Å². The molecule has 1 N–H and O–H groups in total. The third kappa shape index (κ3) is 4.09. The van der Waals surface area contributed by atoms with E-state index >= 15 is 0 Å². The summed E-state index contributed by atoms with van der Waals surface area (Å²) in [5.74, 6) is -0.708. The Hall–Kier alpha value is -2.22. The molecule has 42 heavy (non-hydrogen) atoms. The van der Waals surface area contributed by atoms with Gasteiger partial charge in [0.2, 0.25) is 10.0 Å². The zero-order chi connectivity index (χ0) is 31.5. The normalized spacial score (nSPS) is 42.1. The monoisotopic (exact) mass is 599 g/mol. The maximum atomic E-state index is 14.6. The Morgan fingerprint density at radius 3 is 2.21 bits per heavy atom. The van der Waals surface area contributed by atoms with E-state index in [1.54, 1.807) is 0 Å². The summed E-state index contributed by atoms with van der Waals surface area (Å²) in [6.07, 6.45) is 10.4. The lowest BCUT2D eigenvalue weighted by Crippen LogP contribution is -2.66. The zero-order valence-corrected chi connectivity index (χ0v) is 27.7. The number of carbonyl (C=O) groups is 3. The molecule has 5 aliphatic rings. The molecule has 0 aromatic heterocycles. The van der Waals surface area contributed by atoms with Crippen molar-refractivity contribution in [1.29, 1.82) is 0 Å². The van der Waals surface area contributed by atoms with Gasteiger partial charge in [-0.2, -0.15) is 0 Å². The molecule has 0 heterocycles. The van der Waals surface area contributed by atoms with Crippen molar-refractivity contribution in [3.8, 4) is 0 Å². The van der Waals surface area contributed by atoms with Crippen LogP contribution in [0.15, 0.2) is 35.6 Å². The fraction of sp³-hybridized carbons (Fsp3) is 0.735. The van der Waals surface area contributed by atoms with Crippen LogP contribution in [0.4, 0.5) is 0 Å². The summed E-state index contributed by atoms with van der Waals surface area (Å²) < 4.78 is 32.0. The number of ketones is 2. The number of allylic oxidation sites excluding steroid dienone is 4. The number of nitrogens with one attached hydrogen (secondary N) is 1. The van der Waals surface area contributed by atoms with Crippen LogP contribution in [-0.2, 0) is 29.1 Å². The number of hydrogen-bond acceptors (Lipinski definition) is 6. The molecular weight excluding hydrogens is 550 g/mol. The van der Waals surface area contributed by atoms with Gasteiger partial charge in [-0.15, -0.1) is 0 Å². The summed E-state index contributed by atoms with van der Waals surface area (Å²) in [5.41, 5.74) is -1.44. The minimum absolute atomic E-state index is 0.0215. The maximum Gasteiger partial charge on any atom is 0.312 e. The molecular formula is C34H49NO6S. The molecule has 5 rings (SSSR count). The molecule has 5 aliphatic carbocycles. The van der Waals surface area contributed by atoms with E-state index in [1.807, 2.05) is 26.0 Å². The lowest BCUT2D eigenvalue weighted by atomic mass is 9.34. The van der Waals surface area contributed by atoms with Crippen LogP contribution in [0.2, 0.25) is 0 Å². The zero-order valence-electron chi connectivity index (χ0n) is 26.9. The van der Waals surface area contributed by atoms with Gasteiger partial charge in [-0.1, -0.05) is 66.7 Å². The number of carbonyl (C=O) groups excluding carboxylic acids is 3. The van der Waals surface area contributed by atoms with E-state index in [9.17, 15) is 22.8 Å². The average Bonchev–Trinajstić information content (AvgIpc) is 2.86. The highest BCUT2D eigenvalue weighted by atomic mass is 32.2. The summed E-state index contributed by atoms with van der Waals surface area (Å²) in [6, 6.07) is 0. The summed E-state index contributed by atoms with van der Waals surface area (Å²) in [5, 5.41) is 0. The highest BCUT2D eigenvalue weighted by Crippen LogP contribution is 2.74. The van der Waals surface area contributed by atoms with Gasteiger partial charge in [0, 0.05) is 22.3 Å². The Morgan fingerprint density at radius 2 is 1.62 bits per heavy atom. The molecule has 232 valence electrons. The summed E-state index contributed by atoms with van der Waals surface area (Å²) >= 11 is 0. The van der Waals surface area contributed by atoms with Crippen LogP contribution in [0.5, 0.6) is 0 Å². The number of fused-ring (bicyclic) bond motifs is 7. The van der Waals surface area contributed by atoms with Gasteiger partial charge in [-0.25, -0.2) is 8.42 Å². The number of hydrogen-bond donors (Lipinski definition) is 1. The van der Waals surface area contributed by atoms with Gasteiger partial charge in [0.25, 0.3) is 0 Å². The molecule has 0 radical (unpaired) electrons. The molecule has 2 unspecified atom stereocenters. The Labute approximate surface area is 252 Å². The first kappa shape index (κ1) is 31.2. The van der Waals surface area contributed by atoms with E-state index in [0.717, 1.165) is 50.4 Å². The number of ether oxygens (including phenoxy) is 1. The van der Waals surface area contributed by atoms with Crippen LogP contribution in [0.3, 0.4) is 0 Å². The third-order valence-electron chi connectivity index (χ3n) is 13.0. The number of Topliss-reactive ketones (excluding diaryl/α,β-unsaturated/α-hetero) is 1. The Bertz CT molecular complexity index is 1450. The quantitative estimate of drug-likeness (QED) is 0.402. The van der Waals surface area contributed by atoms with Crippen LogP contribution < -0.4 is 4.72 Å². The van der Waals surface area contributed by atoms with Gasteiger partial charge < -0.3 is 4.74 Å². The van der Waals surface area contributed by atoms with Gasteiger partial charge in [-0.05, 0) is 79.1 Å². The van der Waals surface area contributed by atoms with Gasteiger partial charge in [0.05, 0.1) is 24.5 Å². The fourth-order valence-electron chi connectivity index (χ4n) is 10.6. The van der Waals surface area contributed by atoms with E-state index in [1.165, 1.54) is 7.11 Å². The van der Waals surface area contributed by atoms with Crippen LogP contribution in [0, 0.1) is 50.2 Å². The molecule has 3 saturated carbocycles. The van der Waals surface area contributed by atoms with Crippen molar-refractivity contribution in [2.24, 2.45) is 50.2 Å². The average molecular weight is 600 g/mol. The molecule has 0 spiro atoms. The predicted molar refractivity (Wildman–Crippen MR) is 162 cm³/mol. The third-order valence-corrected chi connectivity index (χ3v) is 13.6. The minimum Gasteiger partial charge on any atom is -0.469 e. The number of methoxy groups -OCH3 is 1. The lowest BCUT2D eigenvalue weighted by molar-refractivity contribution is -0.191. The molecule has 0 bridgehead atoms. The molecule has 8 heteroatoms.